The Balaban J connectivity index is 1.16. The summed E-state index contributed by atoms with van der Waals surface area (Å²) in [5.74, 6) is 1.04. The van der Waals surface area contributed by atoms with Crippen LogP contribution in [0.5, 0.6) is 0 Å². The fourth-order valence-corrected chi connectivity index (χ4v) is 10.3. The Labute approximate surface area is 326 Å². The monoisotopic (exact) mass is 715 g/mol. The first-order valence-electron chi connectivity index (χ1n) is 19.6. The van der Waals surface area contributed by atoms with Gasteiger partial charge in [0.1, 0.15) is 11.2 Å². The molecular weight excluding hydrogens is 679 g/mol. The molecule has 3 heteroatoms. The van der Waals surface area contributed by atoms with Gasteiger partial charge in [-0.2, -0.15) is 0 Å². The van der Waals surface area contributed by atoms with E-state index < -0.39 is 5.41 Å². The average Bonchev–Trinajstić information content (AvgIpc) is 3.94. The van der Waals surface area contributed by atoms with Crippen molar-refractivity contribution in [1.29, 1.82) is 0 Å². The molecule has 264 valence electrons. The van der Waals surface area contributed by atoms with Crippen molar-refractivity contribution in [3.8, 4) is 39.1 Å². The SMILES string of the molecule is CC1(C)c2ccccc2-c2ccc(N(c3ccc(-c4ccccc4)cc3)c3cccc4c3-n3c(nc5ccccc53)C43c4ccccc4-c4ccccc43)cc21. The molecule has 0 unspecified atom stereocenters. The van der Waals surface area contributed by atoms with Crippen LogP contribution in [0, 0.1) is 0 Å². The number of aromatic nitrogens is 2. The summed E-state index contributed by atoms with van der Waals surface area (Å²) in [4.78, 5) is 8.05. The number of para-hydroxylation sites is 3. The number of hydrogen-bond acceptors (Lipinski definition) is 2. The van der Waals surface area contributed by atoms with Gasteiger partial charge in [-0.15, -0.1) is 0 Å². The fourth-order valence-electron chi connectivity index (χ4n) is 10.3. The van der Waals surface area contributed by atoms with E-state index in [2.05, 4.69) is 211 Å². The highest BCUT2D eigenvalue weighted by Crippen LogP contribution is 2.62. The zero-order valence-electron chi connectivity index (χ0n) is 31.2. The van der Waals surface area contributed by atoms with Crippen LogP contribution < -0.4 is 4.90 Å². The molecule has 56 heavy (non-hydrogen) atoms. The van der Waals surface area contributed by atoms with Crippen molar-refractivity contribution in [2.45, 2.75) is 24.7 Å². The van der Waals surface area contributed by atoms with E-state index in [-0.39, 0.29) is 5.41 Å². The lowest BCUT2D eigenvalue weighted by molar-refractivity contribution is 0.660. The van der Waals surface area contributed by atoms with E-state index in [1.807, 2.05) is 0 Å². The maximum Gasteiger partial charge on any atom is 0.134 e. The summed E-state index contributed by atoms with van der Waals surface area (Å²) in [5.41, 5.74) is 20.0. The summed E-state index contributed by atoms with van der Waals surface area (Å²) in [6.45, 7) is 4.73. The molecule has 2 heterocycles. The van der Waals surface area contributed by atoms with E-state index in [1.165, 1.54) is 61.2 Å². The van der Waals surface area contributed by atoms with E-state index in [4.69, 9.17) is 4.98 Å². The van der Waals surface area contributed by atoms with Crippen molar-refractivity contribution < 1.29 is 0 Å². The number of hydrogen-bond donors (Lipinski definition) is 0. The predicted octanol–water partition coefficient (Wildman–Crippen LogP) is 13.1. The average molecular weight is 716 g/mol. The summed E-state index contributed by atoms with van der Waals surface area (Å²) < 4.78 is 2.47. The Morgan fingerprint density at radius 2 is 1.00 bits per heavy atom. The van der Waals surface area contributed by atoms with Gasteiger partial charge in [0.05, 0.1) is 22.4 Å². The first-order valence-corrected chi connectivity index (χ1v) is 19.6. The topological polar surface area (TPSA) is 21.1 Å². The number of rotatable bonds is 4. The van der Waals surface area contributed by atoms with Crippen LogP contribution in [0.2, 0.25) is 0 Å². The highest BCUT2D eigenvalue weighted by molar-refractivity contribution is 5.96. The van der Waals surface area contributed by atoms with Crippen LogP contribution in [0.3, 0.4) is 0 Å². The van der Waals surface area contributed by atoms with Crippen molar-refractivity contribution in [2.75, 3.05) is 4.90 Å². The Bertz CT molecular complexity index is 3010. The number of fused-ring (bicyclic) bond motifs is 15. The molecule has 3 nitrogen and oxygen atoms in total. The smallest absolute Gasteiger partial charge is 0.134 e. The lowest BCUT2D eigenvalue weighted by atomic mass is 9.73. The van der Waals surface area contributed by atoms with Crippen LogP contribution in [0.4, 0.5) is 17.1 Å². The Morgan fingerprint density at radius 3 is 1.73 bits per heavy atom. The highest BCUT2D eigenvalue weighted by Gasteiger charge is 2.55. The molecule has 0 atom stereocenters. The number of nitrogens with zero attached hydrogens (tertiary/aromatic N) is 3. The molecule has 1 aromatic heterocycles. The Kier molecular flexibility index (Phi) is 6.32. The summed E-state index contributed by atoms with van der Waals surface area (Å²) in [5, 5.41) is 0. The largest absolute Gasteiger partial charge is 0.308 e. The molecular formula is C53H37N3. The van der Waals surface area contributed by atoms with E-state index in [0.717, 1.165) is 39.6 Å². The molecule has 0 bridgehead atoms. The van der Waals surface area contributed by atoms with Crippen LogP contribution >= 0.6 is 0 Å². The van der Waals surface area contributed by atoms with Crippen LogP contribution in [0.25, 0.3) is 50.1 Å². The standard InChI is InChI=1S/C53H37N3/c1-52(2)42-20-9-6-17-38(42)41-32-31-37(33-46(41)52)55(36-29-27-35(28-30-36)34-15-4-3-5-16-34)49-26-14-23-45-50(49)56-48-25-13-12-24-47(48)54-51(56)53(45)43-21-10-7-18-39(43)40-19-8-11-22-44(40)53/h3-33H,1-2H3. The molecule has 12 rings (SSSR count). The fraction of sp³-hybridized carbons (Fsp3) is 0.0755. The van der Waals surface area contributed by atoms with Gasteiger partial charge in [-0.25, -0.2) is 4.98 Å². The molecule has 0 fully saturated rings. The zero-order chi connectivity index (χ0) is 37.2. The van der Waals surface area contributed by atoms with E-state index in [9.17, 15) is 0 Å². The van der Waals surface area contributed by atoms with Crippen molar-refractivity contribution in [2.24, 2.45) is 0 Å². The number of benzene rings is 8. The molecule has 0 amide bonds. The molecule has 0 saturated carbocycles. The van der Waals surface area contributed by atoms with Crippen molar-refractivity contribution in [3.05, 3.63) is 222 Å². The third-order valence-corrected chi connectivity index (χ3v) is 12.8. The summed E-state index contributed by atoms with van der Waals surface area (Å²) in [6, 6.07) is 69.2. The maximum atomic E-state index is 5.57. The minimum absolute atomic E-state index is 0.140. The summed E-state index contributed by atoms with van der Waals surface area (Å²) in [7, 11) is 0. The molecule has 2 aliphatic carbocycles. The molecule has 8 aromatic carbocycles. The van der Waals surface area contributed by atoms with Crippen molar-refractivity contribution >= 4 is 28.1 Å². The summed E-state index contributed by atoms with van der Waals surface area (Å²) >= 11 is 0. The summed E-state index contributed by atoms with van der Waals surface area (Å²) in [6.07, 6.45) is 0. The molecule has 1 spiro atoms. The van der Waals surface area contributed by atoms with Crippen LogP contribution in [0.1, 0.15) is 47.5 Å². The number of imidazole rings is 1. The minimum Gasteiger partial charge on any atom is -0.308 e. The second-order valence-corrected chi connectivity index (χ2v) is 15.9. The second-order valence-electron chi connectivity index (χ2n) is 15.9. The van der Waals surface area contributed by atoms with E-state index >= 15 is 0 Å². The first kappa shape index (κ1) is 31.4. The van der Waals surface area contributed by atoms with Gasteiger partial charge in [0.15, 0.2) is 0 Å². The van der Waals surface area contributed by atoms with Gasteiger partial charge in [0.2, 0.25) is 0 Å². The van der Waals surface area contributed by atoms with E-state index in [0.29, 0.717) is 0 Å². The maximum absolute atomic E-state index is 5.57. The lowest BCUT2D eigenvalue weighted by Gasteiger charge is -2.31. The van der Waals surface area contributed by atoms with E-state index in [1.54, 1.807) is 0 Å². The lowest BCUT2D eigenvalue weighted by Crippen LogP contribution is -2.27. The van der Waals surface area contributed by atoms with Gasteiger partial charge in [-0.3, -0.25) is 4.57 Å². The Morgan fingerprint density at radius 1 is 0.446 bits per heavy atom. The van der Waals surface area contributed by atoms with Crippen LogP contribution in [-0.4, -0.2) is 9.55 Å². The van der Waals surface area contributed by atoms with Gasteiger partial charge in [0, 0.05) is 22.4 Å². The molecule has 0 radical (unpaired) electrons. The quantitative estimate of drug-likeness (QED) is 0.181. The predicted molar refractivity (Wildman–Crippen MR) is 230 cm³/mol. The van der Waals surface area contributed by atoms with Crippen molar-refractivity contribution in [1.82, 2.24) is 9.55 Å². The van der Waals surface area contributed by atoms with Gasteiger partial charge in [-0.05, 0) is 98.1 Å². The molecule has 0 saturated heterocycles. The minimum atomic E-state index is -0.581. The molecule has 1 aliphatic heterocycles. The molecule has 3 aliphatic rings. The third-order valence-electron chi connectivity index (χ3n) is 12.8. The zero-order valence-corrected chi connectivity index (χ0v) is 31.2. The van der Waals surface area contributed by atoms with Gasteiger partial charge in [0.25, 0.3) is 0 Å². The van der Waals surface area contributed by atoms with Gasteiger partial charge in [-0.1, -0.05) is 159 Å². The Hall–Kier alpha value is -6.97. The van der Waals surface area contributed by atoms with Crippen molar-refractivity contribution in [3.63, 3.8) is 0 Å². The third kappa shape index (κ3) is 3.99. The first-order chi connectivity index (χ1) is 27.5. The van der Waals surface area contributed by atoms with Gasteiger partial charge >= 0.3 is 0 Å². The highest BCUT2D eigenvalue weighted by atomic mass is 15.2. The van der Waals surface area contributed by atoms with Gasteiger partial charge < -0.3 is 4.90 Å². The van der Waals surface area contributed by atoms with Crippen LogP contribution in [0.15, 0.2) is 188 Å². The number of anilines is 3. The van der Waals surface area contributed by atoms with Crippen LogP contribution in [-0.2, 0) is 10.8 Å². The molecule has 9 aromatic rings. The molecule has 0 N–H and O–H groups in total. The normalized spacial score (nSPS) is 14.5. The second kappa shape index (κ2) is 11.3.